The second-order valence-corrected chi connectivity index (χ2v) is 8.30. The van der Waals surface area contributed by atoms with Gasteiger partial charge in [-0.15, -0.1) is 9.24 Å². The number of rotatable bonds is 5. The van der Waals surface area contributed by atoms with E-state index in [1.807, 2.05) is 58.0 Å². The second kappa shape index (κ2) is 11.3. The van der Waals surface area contributed by atoms with Crippen molar-refractivity contribution in [2.24, 2.45) is 0 Å². The molecule has 0 radical (unpaired) electrons. The van der Waals surface area contributed by atoms with Gasteiger partial charge in [-0.1, -0.05) is 74.9 Å². The molecular weight excluding hydrogens is 351 g/mol. The lowest BCUT2D eigenvalue weighted by atomic mass is 10.0. The average Bonchev–Trinajstić information content (AvgIpc) is 2.65. The van der Waals surface area contributed by atoms with Gasteiger partial charge in [0, 0.05) is 16.4 Å². The molecule has 1 atom stereocenters. The van der Waals surface area contributed by atoms with Crippen LogP contribution in [-0.4, -0.2) is 12.2 Å². The lowest BCUT2D eigenvalue weighted by molar-refractivity contribution is 0.240. The Balaban J connectivity index is 0.000000369. The highest BCUT2D eigenvalue weighted by molar-refractivity contribution is 7.27. The lowest BCUT2D eigenvalue weighted by Crippen LogP contribution is -2.12. The van der Waals surface area contributed by atoms with Crippen LogP contribution in [0.1, 0.15) is 66.2 Å². The van der Waals surface area contributed by atoms with Crippen LogP contribution < -0.4 is 14.8 Å². The van der Waals surface area contributed by atoms with Gasteiger partial charge in [0.2, 0.25) is 0 Å². The number of para-hydroxylation sites is 2. The largest absolute Gasteiger partial charge is 0.490 e. The Hall–Kier alpha value is -1.53. The van der Waals surface area contributed by atoms with Gasteiger partial charge >= 0.3 is 0 Å². The predicted molar refractivity (Wildman–Crippen MR) is 120 cm³/mol. The Bertz CT molecular complexity index is 679. The quantitative estimate of drug-likeness (QED) is 0.528. The molecule has 0 aliphatic heterocycles. The van der Waals surface area contributed by atoms with Gasteiger partial charge < -0.3 is 9.47 Å². The van der Waals surface area contributed by atoms with Crippen LogP contribution in [0.5, 0.6) is 11.5 Å². The van der Waals surface area contributed by atoms with Gasteiger partial charge in [0.1, 0.15) is 11.5 Å². The van der Waals surface area contributed by atoms with Gasteiger partial charge in [-0.25, -0.2) is 0 Å². The van der Waals surface area contributed by atoms with Crippen molar-refractivity contribution >= 4 is 14.5 Å². The smallest absolute Gasteiger partial charge is 0.134 e. The number of hydrogen-bond donors (Lipinski definition) is 0. The minimum Gasteiger partial charge on any atom is -0.490 e. The summed E-state index contributed by atoms with van der Waals surface area (Å²) >= 11 is 0. The molecule has 3 rings (SSSR count). The summed E-state index contributed by atoms with van der Waals surface area (Å²) in [5, 5.41) is 1.06. The molecule has 0 amide bonds. The highest BCUT2D eigenvalue weighted by Crippen LogP contribution is 2.36. The molecule has 0 saturated heterocycles. The molecule has 2 aromatic carbocycles. The summed E-state index contributed by atoms with van der Waals surface area (Å²) < 4.78 is 12.0. The highest BCUT2D eigenvalue weighted by atomic mass is 31.0. The SMILES string of the molecule is C1CCCCC1.CC(C)Oc1ccccc1-c1cccc(P)c1OC(C)C. The molecule has 2 aromatic rings. The molecular formula is C24H35O2P. The summed E-state index contributed by atoms with van der Waals surface area (Å²) in [5.74, 6) is 1.79. The topological polar surface area (TPSA) is 18.5 Å². The maximum atomic E-state index is 6.01. The first-order chi connectivity index (χ1) is 13.0. The second-order valence-electron chi connectivity index (χ2n) is 7.67. The summed E-state index contributed by atoms with van der Waals surface area (Å²) in [6.07, 6.45) is 9.27. The third-order valence-electron chi connectivity index (χ3n) is 4.44. The van der Waals surface area contributed by atoms with Crippen LogP contribution in [0.15, 0.2) is 42.5 Å². The zero-order valence-electron chi connectivity index (χ0n) is 17.3. The van der Waals surface area contributed by atoms with E-state index in [0.29, 0.717) is 0 Å². The standard InChI is InChI=1S/C18H23O2P.C6H12/c1-12(2)19-16-10-6-5-8-14(16)15-9-7-11-17(21)18(15)20-13(3)4;1-2-4-6-5-3-1/h5-13H,21H2,1-4H3;1-6H2. The molecule has 1 saturated carbocycles. The molecule has 148 valence electrons. The van der Waals surface area contributed by atoms with Crippen molar-refractivity contribution in [1.29, 1.82) is 0 Å². The van der Waals surface area contributed by atoms with Crippen molar-refractivity contribution in [1.82, 2.24) is 0 Å². The highest BCUT2D eigenvalue weighted by Gasteiger charge is 2.15. The summed E-state index contributed by atoms with van der Waals surface area (Å²) in [6.45, 7) is 8.15. The van der Waals surface area contributed by atoms with E-state index in [2.05, 4.69) is 21.4 Å². The summed E-state index contributed by atoms with van der Waals surface area (Å²) in [7, 11) is 2.75. The molecule has 0 spiro atoms. The Morgan fingerprint density at radius 3 is 1.74 bits per heavy atom. The van der Waals surface area contributed by atoms with Gasteiger partial charge in [0.05, 0.1) is 12.2 Å². The van der Waals surface area contributed by atoms with Crippen LogP contribution in [0.2, 0.25) is 0 Å². The van der Waals surface area contributed by atoms with E-state index in [-0.39, 0.29) is 12.2 Å². The molecule has 27 heavy (non-hydrogen) atoms. The number of benzene rings is 2. The van der Waals surface area contributed by atoms with E-state index in [4.69, 9.17) is 9.47 Å². The molecule has 0 heterocycles. The Labute approximate surface area is 167 Å². The van der Waals surface area contributed by atoms with Crippen molar-refractivity contribution in [3.63, 3.8) is 0 Å². The molecule has 0 N–H and O–H groups in total. The molecule has 2 nitrogen and oxygen atoms in total. The van der Waals surface area contributed by atoms with E-state index in [0.717, 1.165) is 27.9 Å². The predicted octanol–water partition coefficient (Wildman–Crippen LogP) is 6.77. The first-order valence-electron chi connectivity index (χ1n) is 10.3. The van der Waals surface area contributed by atoms with E-state index >= 15 is 0 Å². The van der Waals surface area contributed by atoms with E-state index in [9.17, 15) is 0 Å². The molecule has 1 aliphatic carbocycles. The molecule has 0 bridgehead atoms. The van der Waals surface area contributed by atoms with E-state index in [1.165, 1.54) is 38.5 Å². The van der Waals surface area contributed by atoms with Crippen molar-refractivity contribution in [3.8, 4) is 22.6 Å². The van der Waals surface area contributed by atoms with Crippen molar-refractivity contribution in [2.75, 3.05) is 0 Å². The first kappa shape index (κ1) is 21.8. The Kier molecular flexibility index (Phi) is 9.15. The molecule has 0 aromatic heterocycles. The molecule has 1 fully saturated rings. The van der Waals surface area contributed by atoms with Gasteiger partial charge in [-0.05, 0) is 33.8 Å². The Morgan fingerprint density at radius 1 is 0.667 bits per heavy atom. The van der Waals surface area contributed by atoms with Gasteiger partial charge in [-0.2, -0.15) is 0 Å². The monoisotopic (exact) mass is 386 g/mol. The van der Waals surface area contributed by atoms with Crippen LogP contribution >= 0.6 is 9.24 Å². The molecule has 1 aliphatic rings. The first-order valence-corrected chi connectivity index (χ1v) is 10.9. The van der Waals surface area contributed by atoms with E-state index in [1.54, 1.807) is 0 Å². The zero-order valence-corrected chi connectivity index (χ0v) is 18.5. The van der Waals surface area contributed by atoms with Crippen LogP contribution in [0.4, 0.5) is 0 Å². The van der Waals surface area contributed by atoms with Crippen molar-refractivity contribution < 1.29 is 9.47 Å². The fourth-order valence-electron chi connectivity index (χ4n) is 3.24. The maximum Gasteiger partial charge on any atom is 0.134 e. The summed E-state index contributed by atoms with van der Waals surface area (Å²) in [4.78, 5) is 0. The minimum atomic E-state index is 0.128. The Morgan fingerprint density at radius 2 is 1.19 bits per heavy atom. The van der Waals surface area contributed by atoms with Crippen molar-refractivity contribution in [2.45, 2.75) is 78.4 Å². The molecule has 1 unspecified atom stereocenters. The maximum absolute atomic E-state index is 6.01. The average molecular weight is 387 g/mol. The summed E-state index contributed by atoms with van der Waals surface area (Å²) in [5.41, 5.74) is 2.12. The number of hydrogen-bond acceptors (Lipinski definition) is 2. The zero-order chi connectivity index (χ0) is 19.6. The van der Waals surface area contributed by atoms with Crippen LogP contribution in [-0.2, 0) is 0 Å². The lowest BCUT2D eigenvalue weighted by Gasteiger charge is -2.19. The van der Waals surface area contributed by atoms with Crippen LogP contribution in [0, 0.1) is 0 Å². The minimum absolute atomic E-state index is 0.128. The van der Waals surface area contributed by atoms with Crippen LogP contribution in [0.3, 0.4) is 0 Å². The molecule has 3 heteroatoms. The third kappa shape index (κ3) is 7.18. The third-order valence-corrected chi connectivity index (χ3v) is 4.89. The van der Waals surface area contributed by atoms with Gasteiger partial charge in [0.25, 0.3) is 0 Å². The van der Waals surface area contributed by atoms with E-state index < -0.39 is 0 Å². The van der Waals surface area contributed by atoms with Crippen molar-refractivity contribution in [3.05, 3.63) is 42.5 Å². The number of ether oxygens (including phenoxy) is 2. The van der Waals surface area contributed by atoms with Crippen LogP contribution in [0.25, 0.3) is 11.1 Å². The fourth-order valence-corrected chi connectivity index (χ4v) is 3.58. The normalized spacial score (nSPS) is 13.9. The summed E-state index contributed by atoms with van der Waals surface area (Å²) in [6, 6.07) is 14.3. The fraction of sp³-hybridized carbons (Fsp3) is 0.500. The van der Waals surface area contributed by atoms with Gasteiger partial charge in [0.15, 0.2) is 0 Å². The van der Waals surface area contributed by atoms with Gasteiger partial charge in [-0.3, -0.25) is 0 Å².